The van der Waals surface area contributed by atoms with Crippen molar-refractivity contribution in [3.8, 4) is 0 Å². The highest BCUT2D eigenvalue weighted by atomic mass is 32.2. The summed E-state index contributed by atoms with van der Waals surface area (Å²) < 4.78 is 26.7. The molecule has 2 amide bonds. The number of nitrogens with one attached hydrogen (secondary N) is 2. The Bertz CT molecular complexity index is 968. The smallest absolute Gasteiger partial charge is 0.255 e. The molecule has 0 heterocycles. The van der Waals surface area contributed by atoms with Crippen molar-refractivity contribution in [1.82, 2.24) is 9.62 Å². The Morgan fingerprint density at radius 3 is 2.41 bits per heavy atom. The molecule has 0 aliphatic heterocycles. The first-order valence-electron chi connectivity index (χ1n) is 8.08. The second kappa shape index (κ2) is 8.61. The first kappa shape index (κ1) is 20.3. The van der Waals surface area contributed by atoms with Crippen LogP contribution in [0.15, 0.2) is 66.1 Å². The first-order valence-corrected chi connectivity index (χ1v) is 9.56. The molecule has 0 spiro atoms. The minimum Gasteiger partial charge on any atom is -0.345 e. The van der Waals surface area contributed by atoms with E-state index < -0.39 is 15.9 Å². The molecule has 2 aromatic carbocycles. The average molecular weight is 387 g/mol. The Morgan fingerprint density at radius 2 is 1.74 bits per heavy atom. The molecule has 27 heavy (non-hydrogen) atoms. The van der Waals surface area contributed by atoms with Crippen molar-refractivity contribution >= 4 is 27.5 Å². The zero-order chi connectivity index (χ0) is 20.0. The number of hydrogen-bond donors (Lipinski definition) is 2. The number of carbonyl (C=O) groups excluding carboxylic acids is 2. The van der Waals surface area contributed by atoms with Gasteiger partial charge in [-0.05, 0) is 36.4 Å². The van der Waals surface area contributed by atoms with Crippen LogP contribution in [0.1, 0.15) is 20.7 Å². The van der Waals surface area contributed by atoms with Gasteiger partial charge in [0, 0.05) is 37.5 Å². The molecule has 0 unspecified atom stereocenters. The van der Waals surface area contributed by atoms with Crippen LogP contribution >= 0.6 is 0 Å². The molecule has 142 valence electrons. The van der Waals surface area contributed by atoms with Crippen LogP contribution in [-0.4, -0.2) is 45.8 Å². The van der Waals surface area contributed by atoms with E-state index in [4.69, 9.17) is 0 Å². The normalized spacial score (nSPS) is 10.9. The number of benzene rings is 2. The number of anilines is 1. The molecule has 2 rings (SSSR count). The van der Waals surface area contributed by atoms with E-state index in [2.05, 4.69) is 16.6 Å². The van der Waals surface area contributed by atoms with Gasteiger partial charge in [0.25, 0.3) is 11.8 Å². The zero-order valence-corrected chi connectivity index (χ0v) is 15.9. The number of amides is 2. The fourth-order valence-corrected chi connectivity index (χ4v) is 3.29. The van der Waals surface area contributed by atoms with Crippen LogP contribution in [0.2, 0.25) is 0 Å². The van der Waals surface area contributed by atoms with Crippen molar-refractivity contribution in [3.63, 3.8) is 0 Å². The molecule has 0 aliphatic rings. The molecule has 8 heteroatoms. The first-order chi connectivity index (χ1) is 12.7. The lowest BCUT2D eigenvalue weighted by atomic mass is 10.1. The van der Waals surface area contributed by atoms with E-state index in [0.717, 1.165) is 0 Å². The minimum atomic E-state index is -3.73. The summed E-state index contributed by atoms with van der Waals surface area (Å²) in [5.41, 5.74) is 1.05. The Morgan fingerprint density at radius 1 is 1.07 bits per heavy atom. The Labute approximate surface area is 158 Å². The number of carbonyl (C=O) groups is 2. The number of rotatable bonds is 7. The molecule has 2 N–H and O–H groups in total. The predicted molar refractivity (Wildman–Crippen MR) is 104 cm³/mol. The van der Waals surface area contributed by atoms with Crippen molar-refractivity contribution in [1.29, 1.82) is 0 Å². The molecule has 0 aliphatic carbocycles. The summed E-state index contributed by atoms with van der Waals surface area (Å²) in [5.74, 6) is -0.669. The van der Waals surface area contributed by atoms with Gasteiger partial charge in [0.05, 0.1) is 4.90 Å². The standard InChI is InChI=1S/C19H21N3O4S/c1-4-11-20-27(25,26)17-10-6-7-14(13-17)18(23)21-16-9-5-8-15(12-16)19(24)22(2)3/h4-10,12-13,20H,1,11H2,2-3H3,(H,21,23). The van der Waals surface area contributed by atoms with E-state index in [-0.39, 0.29) is 22.9 Å². The quantitative estimate of drug-likeness (QED) is 0.711. The van der Waals surface area contributed by atoms with Crippen molar-refractivity contribution < 1.29 is 18.0 Å². The summed E-state index contributed by atoms with van der Waals surface area (Å²) in [6.45, 7) is 3.55. The third-order valence-electron chi connectivity index (χ3n) is 3.60. The van der Waals surface area contributed by atoms with Crippen LogP contribution in [0.25, 0.3) is 0 Å². The van der Waals surface area contributed by atoms with Crippen LogP contribution in [-0.2, 0) is 10.0 Å². The second-order valence-electron chi connectivity index (χ2n) is 5.90. The summed E-state index contributed by atoms with van der Waals surface area (Å²) in [6, 6.07) is 12.2. The summed E-state index contributed by atoms with van der Waals surface area (Å²) in [5, 5.41) is 2.67. The Balaban J connectivity index is 2.22. The van der Waals surface area contributed by atoms with Gasteiger partial charge in [-0.25, -0.2) is 13.1 Å². The number of nitrogens with zero attached hydrogens (tertiary/aromatic N) is 1. The van der Waals surface area contributed by atoms with Gasteiger partial charge in [-0.3, -0.25) is 9.59 Å². The highest BCUT2D eigenvalue weighted by Gasteiger charge is 2.16. The fraction of sp³-hybridized carbons (Fsp3) is 0.158. The number of sulfonamides is 1. The van der Waals surface area contributed by atoms with Crippen LogP contribution in [0.3, 0.4) is 0 Å². The van der Waals surface area contributed by atoms with Crippen molar-refractivity contribution in [2.45, 2.75) is 4.90 Å². The fourth-order valence-electron chi connectivity index (χ4n) is 2.25. The maximum Gasteiger partial charge on any atom is 0.255 e. The van der Waals surface area contributed by atoms with E-state index in [9.17, 15) is 18.0 Å². The van der Waals surface area contributed by atoms with Gasteiger partial charge in [-0.2, -0.15) is 0 Å². The molecule has 0 saturated carbocycles. The predicted octanol–water partition coefficient (Wildman–Crippen LogP) is 2.11. The SMILES string of the molecule is C=CCNS(=O)(=O)c1cccc(C(=O)Nc2cccc(C(=O)N(C)C)c2)c1. The van der Waals surface area contributed by atoms with Crippen LogP contribution in [0.4, 0.5) is 5.69 Å². The summed E-state index contributed by atoms with van der Waals surface area (Å²) in [7, 11) is -0.453. The van der Waals surface area contributed by atoms with E-state index >= 15 is 0 Å². The van der Waals surface area contributed by atoms with E-state index in [1.165, 1.54) is 35.2 Å². The van der Waals surface area contributed by atoms with Crippen molar-refractivity contribution in [3.05, 3.63) is 72.3 Å². The third kappa shape index (κ3) is 5.25. The summed E-state index contributed by atoms with van der Waals surface area (Å²) in [6.07, 6.45) is 1.43. The highest BCUT2D eigenvalue weighted by Crippen LogP contribution is 2.16. The maximum atomic E-state index is 12.5. The van der Waals surface area contributed by atoms with Crippen LogP contribution in [0, 0.1) is 0 Å². The van der Waals surface area contributed by atoms with Gasteiger partial charge in [-0.1, -0.05) is 18.2 Å². The molecular formula is C19H21N3O4S. The minimum absolute atomic E-state index is 0.0199. The monoisotopic (exact) mass is 387 g/mol. The molecule has 7 nitrogen and oxygen atoms in total. The Kier molecular flexibility index (Phi) is 6.49. The highest BCUT2D eigenvalue weighted by molar-refractivity contribution is 7.89. The summed E-state index contributed by atoms with van der Waals surface area (Å²) in [4.78, 5) is 25.9. The molecular weight excluding hydrogens is 366 g/mol. The lowest BCUT2D eigenvalue weighted by Crippen LogP contribution is -2.24. The third-order valence-corrected chi connectivity index (χ3v) is 5.02. The van der Waals surface area contributed by atoms with Crippen molar-refractivity contribution in [2.24, 2.45) is 0 Å². The average Bonchev–Trinajstić information content (AvgIpc) is 2.66. The molecule has 0 fully saturated rings. The van der Waals surface area contributed by atoms with Gasteiger partial charge in [-0.15, -0.1) is 6.58 Å². The second-order valence-corrected chi connectivity index (χ2v) is 7.67. The maximum absolute atomic E-state index is 12.5. The molecule has 0 atom stereocenters. The zero-order valence-electron chi connectivity index (χ0n) is 15.1. The van der Waals surface area contributed by atoms with Gasteiger partial charge in [0.1, 0.15) is 0 Å². The molecule has 0 radical (unpaired) electrons. The van der Waals surface area contributed by atoms with Gasteiger partial charge in [0.2, 0.25) is 10.0 Å². The van der Waals surface area contributed by atoms with E-state index in [1.807, 2.05) is 0 Å². The molecule has 0 bridgehead atoms. The molecule has 0 aromatic heterocycles. The molecule has 0 saturated heterocycles. The molecule has 2 aromatic rings. The number of hydrogen-bond acceptors (Lipinski definition) is 4. The topological polar surface area (TPSA) is 95.6 Å². The van der Waals surface area contributed by atoms with Gasteiger partial charge < -0.3 is 10.2 Å². The summed E-state index contributed by atoms with van der Waals surface area (Å²) >= 11 is 0. The lowest BCUT2D eigenvalue weighted by Gasteiger charge is -2.12. The van der Waals surface area contributed by atoms with Crippen molar-refractivity contribution in [2.75, 3.05) is 26.0 Å². The van der Waals surface area contributed by atoms with Crippen LogP contribution in [0.5, 0.6) is 0 Å². The van der Waals surface area contributed by atoms with E-state index in [1.54, 1.807) is 38.4 Å². The van der Waals surface area contributed by atoms with Crippen LogP contribution < -0.4 is 10.0 Å². The largest absolute Gasteiger partial charge is 0.345 e. The van der Waals surface area contributed by atoms with Gasteiger partial charge in [0.15, 0.2) is 0 Å². The Hall–Kier alpha value is -2.97. The van der Waals surface area contributed by atoms with E-state index in [0.29, 0.717) is 11.3 Å². The lowest BCUT2D eigenvalue weighted by molar-refractivity contribution is 0.0827. The van der Waals surface area contributed by atoms with Gasteiger partial charge >= 0.3 is 0 Å².